The normalized spacial score (nSPS) is 22.4. The van der Waals surface area contributed by atoms with E-state index in [4.69, 9.17) is 4.74 Å². The van der Waals surface area contributed by atoms with Crippen molar-refractivity contribution in [3.8, 4) is 5.88 Å². The van der Waals surface area contributed by atoms with Crippen LogP contribution in [0.2, 0.25) is 0 Å². The summed E-state index contributed by atoms with van der Waals surface area (Å²) in [6, 6.07) is 0. The molecular weight excluding hydrogens is 264 g/mol. The minimum Gasteiger partial charge on any atom is -0.471 e. The van der Waals surface area contributed by atoms with Crippen LogP contribution in [0.5, 0.6) is 5.88 Å². The molecule has 1 aliphatic rings. The van der Waals surface area contributed by atoms with Gasteiger partial charge in [0.15, 0.2) is 0 Å². The van der Waals surface area contributed by atoms with Crippen molar-refractivity contribution in [1.29, 1.82) is 0 Å². The average molecular weight is 288 g/mol. The number of rotatable bonds is 5. The molecule has 21 heavy (non-hydrogen) atoms. The Balaban J connectivity index is 1.89. The van der Waals surface area contributed by atoms with E-state index in [1.54, 1.807) is 6.20 Å². The van der Waals surface area contributed by atoms with Crippen LogP contribution in [-0.4, -0.2) is 27.0 Å². The zero-order valence-corrected chi connectivity index (χ0v) is 12.9. The topological polar surface area (TPSA) is 51.5 Å². The predicted molar refractivity (Wildman–Crippen MR) is 83.8 cm³/mol. The Bertz CT molecular complexity index is 595. The fourth-order valence-corrected chi connectivity index (χ4v) is 3.19. The molecule has 0 aromatic carbocycles. The van der Waals surface area contributed by atoms with Crippen molar-refractivity contribution in [2.24, 2.45) is 5.92 Å². The van der Waals surface area contributed by atoms with Crippen molar-refractivity contribution in [2.45, 2.75) is 52.1 Å². The largest absolute Gasteiger partial charge is 0.471 e. The molecule has 1 fully saturated rings. The van der Waals surface area contributed by atoms with Crippen LogP contribution in [0, 0.1) is 5.92 Å². The third-order valence-electron chi connectivity index (χ3n) is 4.33. The number of aromatic nitrogens is 3. The van der Waals surface area contributed by atoms with E-state index in [1.807, 2.05) is 16.8 Å². The molecule has 0 spiro atoms. The van der Waals surface area contributed by atoms with E-state index in [9.17, 15) is 0 Å². The minimum atomic E-state index is 0.272. The van der Waals surface area contributed by atoms with Crippen molar-refractivity contribution < 1.29 is 4.74 Å². The van der Waals surface area contributed by atoms with E-state index < -0.39 is 0 Å². The first kappa shape index (κ1) is 14.2. The van der Waals surface area contributed by atoms with Crippen molar-refractivity contribution in [3.05, 3.63) is 18.6 Å². The van der Waals surface area contributed by atoms with Gasteiger partial charge in [-0.2, -0.15) is 4.98 Å². The average Bonchev–Trinajstić information content (AvgIpc) is 2.97. The molecule has 5 nitrogen and oxygen atoms in total. The molecule has 1 saturated carbocycles. The summed E-state index contributed by atoms with van der Waals surface area (Å²) in [4.78, 5) is 8.99. The summed E-state index contributed by atoms with van der Waals surface area (Å²) in [6.45, 7) is 5.15. The molecule has 0 radical (unpaired) electrons. The van der Waals surface area contributed by atoms with E-state index >= 15 is 0 Å². The van der Waals surface area contributed by atoms with Gasteiger partial charge in [-0.05, 0) is 38.5 Å². The third kappa shape index (κ3) is 2.96. The summed E-state index contributed by atoms with van der Waals surface area (Å²) in [6.07, 6.45) is 12.1. The maximum absolute atomic E-state index is 6.28. The number of hydrogen-bond donors (Lipinski definition) is 1. The molecule has 114 valence electrons. The monoisotopic (exact) mass is 288 g/mol. The van der Waals surface area contributed by atoms with Crippen LogP contribution in [0.1, 0.15) is 46.0 Å². The zero-order valence-electron chi connectivity index (χ0n) is 12.9. The van der Waals surface area contributed by atoms with E-state index in [0.717, 1.165) is 24.4 Å². The van der Waals surface area contributed by atoms with Gasteiger partial charge in [0.1, 0.15) is 11.9 Å². The van der Waals surface area contributed by atoms with Gasteiger partial charge >= 0.3 is 0 Å². The summed E-state index contributed by atoms with van der Waals surface area (Å²) >= 11 is 0. The second-order valence-corrected chi connectivity index (χ2v) is 5.73. The first-order chi connectivity index (χ1) is 10.3. The molecule has 2 atom stereocenters. The first-order valence-corrected chi connectivity index (χ1v) is 8.06. The Morgan fingerprint density at radius 1 is 1.33 bits per heavy atom. The lowest BCUT2D eigenvalue weighted by Crippen LogP contribution is -2.30. The quantitative estimate of drug-likeness (QED) is 0.914. The zero-order chi connectivity index (χ0) is 14.7. The van der Waals surface area contributed by atoms with Crippen LogP contribution >= 0.6 is 0 Å². The molecule has 0 aliphatic heterocycles. The van der Waals surface area contributed by atoms with Gasteiger partial charge in [0.05, 0.1) is 6.20 Å². The Hall–Kier alpha value is -1.78. The highest BCUT2D eigenvalue weighted by atomic mass is 16.5. The van der Waals surface area contributed by atoms with Crippen LogP contribution in [0.4, 0.5) is 5.82 Å². The second kappa shape index (κ2) is 6.33. The van der Waals surface area contributed by atoms with E-state index in [-0.39, 0.29) is 6.10 Å². The van der Waals surface area contributed by atoms with E-state index in [0.29, 0.717) is 11.8 Å². The first-order valence-electron chi connectivity index (χ1n) is 8.06. The molecule has 0 bridgehead atoms. The number of nitrogens with one attached hydrogen (secondary N) is 1. The summed E-state index contributed by atoms with van der Waals surface area (Å²) in [5, 5.41) is 3.25. The maximum Gasteiger partial charge on any atom is 0.260 e. The van der Waals surface area contributed by atoms with Gasteiger partial charge in [-0.15, -0.1) is 0 Å². The number of nitrogens with zero attached hydrogens (tertiary/aromatic N) is 3. The molecule has 1 aliphatic carbocycles. The van der Waals surface area contributed by atoms with Crippen LogP contribution in [0.15, 0.2) is 18.6 Å². The second-order valence-electron chi connectivity index (χ2n) is 5.73. The standard InChI is InChI=1S/C16H24N4O/c1-3-12-7-5-6-8-13(12)21-16-15-18-9-10-20(15)11-14(19-16)17-4-2/h9-13,17H,3-8H2,1-2H3. The van der Waals surface area contributed by atoms with Crippen molar-refractivity contribution in [3.63, 3.8) is 0 Å². The molecule has 5 heteroatoms. The summed E-state index contributed by atoms with van der Waals surface area (Å²) in [5.74, 6) is 2.13. The number of ether oxygens (including phenoxy) is 1. The van der Waals surface area contributed by atoms with Gasteiger partial charge in [0.25, 0.3) is 5.88 Å². The molecule has 2 aromatic rings. The molecule has 2 aromatic heterocycles. The Labute approximate surface area is 125 Å². The summed E-state index contributed by atoms with van der Waals surface area (Å²) < 4.78 is 8.26. The molecule has 2 unspecified atom stereocenters. The number of hydrogen-bond acceptors (Lipinski definition) is 4. The van der Waals surface area contributed by atoms with Crippen LogP contribution in [0.3, 0.4) is 0 Å². The van der Waals surface area contributed by atoms with E-state index in [1.165, 1.54) is 25.7 Å². The maximum atomic E-state index is 6.28. The van der Waals surface area contributed by atoms with Crippen molar-refractivity contribution >= 4 is 11.5 Å². The van der Waals surface area contributed by atoms with Crippen LogP contribution in [0.25, 0.3) is 5.65 Å². The third-order valence-corrected chi connectivity index (χ3v) is 4.33. The van der Waals surface area contributed by atoms with Crippen LogP contribution < -0.4 is 10.1 Å². The molecular formula is C16H24N4O. The molecule has 0 amide bonds. The Morgan fingerprint density at radius 3 is 3.00 bits per heavy atom. The van der Waals surface area contributed by atoms with E-state index in [2.05, 4.69) is 29.1 Å². The lowest BCUT2D eigenvalue weighted by molar-refractivity contribution is 0.0870. The lowest BCUT2D eigenvalue weighted by atomic mass is 9.85. The molecule has 1 N–H and O–H groups in total. The lowest BCUT2D eigenvalue weighted by Gasteiger charge is -2.30. The molecule has 2 heterocycles. The van der Waals surface area contributed by atoms with Crippen LogP contribution in [-0.2, 0) is 0 Å². The Morgan fingerprint density at radius 2 is 2.19 bits per heavy atom. The van der Waals surface area contributed by atoms with Gasteiger partial charge in [0.2, 0.25) is 5.65 Å². The molecule has 3 rings (SSSR count). The fraction of sp³-hybridized carbons (Fsp3) is 0.625. The van der Waals surface area contributed by atoms with Gasteiger partial charge in [-0.25, -0.2) is 4.98 Å². The van der Waals surface area contributed by atoms with Gasteiger partial charge < -0.3 is 10.1 Å². The highest BCUT2D eigenvalue weighted by molar-refractivity contribution is 5.53. The highest BCUT2D eigenvalue weighted by Gasteiger charge is 2.26. The van der Waals surface area contributed by atoms with Gasteiger partial charge in [0, 0.05) is 18.9 Å². The van der Waals surface area contributed by atoms with Gasteiger partial charge in [-0.1, -0.05) is 13.3 Å². The summed E-state index contributed by atoms with van der Waals surface area (Å²) in [7, 11) is 0. The fourth-order valence-electron chi connectivity index (χ4n) is 3.19. The van der Waals surface area contributed by atoms with Gasteiger partial charge in [-0.3, -0.25) is 4.40 Å². The molecule has 0 saturated heterocycles. The minimum absolute atomic E-state index is 0.272. The number of anilines is 1. The van der Waals surface area contributed by atoms with Crippen molar-refractivity contribution in [1.82, 2.24) is 14.4 Å². The summed E-state index contributed by atoms with van der Waals surface area (Å²) in [5.41, 5.74) is 0.803. The predicted octanol–water partition coefficient (Wildman–Crippen LogP) is 3.51. The SMILES string of the molecule is CCNc1cn2ccnc2c(OC2CCCCC2CC)n1. The smallest absolute Gasteiger partial charge is 0.260 e. The van der Waals surface area contributed by atoms with Crippen molar-refractivity contribution in [2.75, 3.05) is 11.9 Å². The number of imidazole rings is 1. The highest BCUT2D eigenvalue weighted by Crippen LogP contribution is 2.31. The number of fused-ring (bicyclic) bond motifs is 1. The Kier molecular flexibility index (Phi) is 4.27.